The van der Waals surface area contributed by atoms with Crippen LogP contribution in [0.3, 0.4) is 0 Å². The molecule has 79 heavy (non-hydrogen) atoms. The molecule has 0 bridgehead atoms. The fraction of sp³-hybridized carbons (Fsp3) is 0.941. The van der Waals surface area contributed by atoms with Gasteiger partial charge in [0.25, 0.3) is 0 Å². The molecule has 0 aliphatic carbocycles. The van der Waals surface area contributed by atoms with Gasteiger partial charge in [0.2, 0.25) is 20.8 Å². The topological polar surface area (TPSA) is 133 Å². The summed E-state index contributed by atoms with van der Waals surface area (Å²) in [6.45, 7) is 9.04. The van der Waals surface area contributed by atoms with Gasteiger partial charge >= 0.3 is 37.7 Å². The van der Waals surface area contributed by atoms with E-state index in [2.05, 4.69) is 60.4 Å². The molecule has 0 aromatic heterocycles. The van der Waals surface area contributed by atoms with E-state index in [4.69, 9.17) is 0 Å². The van der Waals surface area contributed by atoms with E-state index >= 15 is 0 Å². The average molecular weight is 1180 g/mol. The van der Waals surface area contributed by atoms with Crippen LogP contribution < -0.4 is 0 Å². The molecule has 0 saturated heterocycles. The molecule has 11 heteroatoms. The third-order valence-corrected chi connectivity index (χ3v) is 16.8. The third-order valence-electron chi connectivity index (χ3n) is 16.0. The molecule has 468 valence electrons. The van der Waals surface area contributed by atoms with Gasteiger partial charge in [-0.1, -0.05) is 373 Å². The zero-order valence-corrected chi connectivity index (χ0v) is 57.1. The van der Waals surface area contributed by atoms with Crippen molar-refractivity contribution in [1.29, 1.82) is 0 Å². The standard InChI is InChI=1S/2C34H68O4S.Ca/c2*1-3-5-7-9-11-13-15-16-17-18-19-20-22-24-26-28-30-32-34(33-38-39(35,36)37)31-29-27-25-23-21-14-12-10-8-6-4-2;/h2*29,31,34H,3-28,30,32-33H2,1-2H3,(H,35,36,37);/q;;+2/p-2/b2*31-29+;. The van der Waals surface area contributed by atoms with Gasteiger partial charge in [-0.05, 0) is 38.5 Å². The molecular formula is C68H134CaO8S2. The number of allylic oxidation sites excluding steroid dienone is 2. The number of hydrogen-bond donors (Lipinski definition) is 0. The van der Waals surface area contributed by atoms with E-state index in [1.165, 1.54) is 321 Å². The molecule has 2 unspecified atom stereocenters. The smallest absolute Gasteiger partial charge is 0.726 e. The van der Waals surface area contributed by atoms with Crippen LogP contribution in [-0.2, 0) is 29.2 Å². The maximum atomic E-state index is 10.9. The zero-order valence-electron chi connectivity index (χ0n) is 53.3. The fourth-order valence-electron chi connectivity index (χ4n) is 10.8. The van der Waals surface area contributed by atoms with Gasteiger partial charge in [-0.2, -0.15) is 0 Å². The maximum Gasteiger partial charge on any atom is 2.00 e. The van der Waals surface area contributed by atoms with Crippen LogP contribution >= 0.6 is 0 Å². The number of unbranched alkanes of at least 4 members (excludes halogenated alkanes) is 50. The summed E-state index contributed by atoms with van der Waals surface area (Å²) in [6, 6.07) is 0. The molecule has 0 amide bonds. The summed E-state index contributed by atoms with van der Waals surface area (Å²) in [5.74, 6) is 0.0345. The first-order valence-corrected chi connectivity index (χ1v) is 37.2. The van der Waals surface area contributed by atoms with Gasteiger partial charge in [0, 0.05) is 11.8 Å². The predicted octanol–water partition coefficient (Wildman–Crippen LogP) is 22.8. The Bertz CT molecular complexity index is 1320. The van der Waals surface area contributed by atoms with Crippen LogP contribution in [0.4, 0.5) is 0 Å². The third kappa shape index (κ3) is 78.5. The van der Waals surface area contributed by atoms with E-state index in [1.807, 2.05) is 0 Å². The second-order valence-electron chi connectivity index (χ2n) is 23.9. The summed E-state index contributed by atoms with van der Waals surface area (Å²) in [5, 5.41) is 0. The summed E-state index contributed by atoms with van der Waals surface area (Å²) in [4.78, 5) is 0. The van der Waals surface area contributed by atoms with Crippen molar-refractivity contribution in [3.8, 4) is 0 Å². The normalized spacial score (nSPS) is 12.8. The first-order valence-electron chi connectivity index (χ1n) is 34.5. The first kappa shape index (κ1) is 83.7. The van der Waals surface area contributed by atoms with E-state index in [9.17, 15) is 25.9 Å². The molecular weight excluding hydrogens is 1050 g/mol. The van der Waals surface area contributed by atoms with Crippen molar-refractivity contribution in [2.75, 3.05) is 13.2 Å². The predicted molar refractivity (Wildman–Crippen MR) is 344 cm³/mol. The molecule has 8 nitrogen and oxygen atoms in total. The van der Waals surface area contributed by atoms with E-state index in [0.29, 0.717) is 0 Å². The molecule has 0 aliphatic heterocycles. The van der Waals surface area contributed by atoms with Crippen LogP contribution in [0, 0.1) is 11.8 Å². The first-order chi connectivity index (χ1) is 38.0. The summed E-state index contributed by atoms with van der Waals surface area (Å²) in [6.07, 6.45) is 81.9. The van der Waals surface area contributed by atoms with E-state index in [-0.39, 0.29) is 62.8 Å². The van der Waals surface area contributed by atoms with Gasteiger partial charge in [0.15, 0.2) is 0 Å². The molecule has 0 saturated carbocycles. The molecule has 0 aromatic rings. The van der Waals surface area contributed by atoms with Gasteiger partial charge in [-0.3, -0.25) is 8.37 Å². The van der Waals surface area contributed by atoms with E-state index in [0.717, 1.165) is 38.5 Å². The van der Waals surface area contributed by atoms with Crippen molar-refractivity contribution < 1.29 is 34.3 Å². The van der Waals surface area contributed by atoms with Crippen LogP contribution in [0.25, 0.3) is 0 Å². The monoisotopic (exact) mass is 1180 g/mol. The summed E-state index contributed by atoms with van der Waals surface area (Å²) in [7, 11) is -9.24. The summed E-state index contributed by atoms with van der Waals surface area (Å²) >= 11 is 0. The summed E-state index contributed by atoms with van der Waals surface area (Å²) in [5.41, 5.74) is 0. The van der Waals surface area contributed by atoms with Crippen molar-refractivity contribution in [3.05, 3.63) is 24.3 Å². The minimum atomic E-state index is -4.62. The van der Waals surface area contributed by atoms with Gasteiger partial charge in [0.1, 0.15) is 0 Å². The molecule has 0 aromatic carbocycles. The molecule has 0 radical (unpaired) electrons. The average Bonchev–Trinajstić information content (AvgIpc) is 3.41. The Kier molecular flexibility index (Phi) is 73.4. The van der Waals surface area contributed by atoms with Crippen LogP contribution in [0.2, 0.25) is 0 Å². The number of rotatable bonds is 64. The van der Waals surface area contributed by atoms with Crippen LogP contribution in [0.15, 0.2) is 24.3 Å². The molecule has 0 N–H and O–H groups in total. The minimum Gasteiger partial charge on any atom is -0.726 e. The second-order valence-corrected chi connectivity index (χ2v) is 26.0. The Morgan fingerprint density at radius 3 is 0.620 bits per heavy atom. The van der Waals surface area contributed by atoms with Crippen molar-refractivity contribution in [2.24, 2.45) is 11.8 Å². The Morgan fingerprint density at radius 2 is 0.443 bits per heavy atom. The Hall–Kier alpha value is 0.480. The molecule has 0 spiro atoms. The van der Waals surface area contributed by atoms with Gasteiger partial charge in [-0.15, -0.1) is 0 Å². The molecule has 0 aliphatic rings. The van der Waals surface area contributed by atoms with Crippen LogP contribution in [0.5, 0.6) is 0 Å². The second kappa shape index (κ2) is 69.3. The van der Waals surface area contributed by atoms with Crippen LogP contribution in [0.1, 0.15) is 387 Å². The minimum absolute atomic E-state index is 0. The molecule has 2 atom stereocenters. The van der Waals surface area contributed by atoms with E-state index < -0.39 is 20.8 Å². The van der Waals surface area contributed by atoms with Crippen LogP contribution in [-0.4, -0.2) is 76.9 Å². The SMILES string of the molecule is CCCCCCCCCCC/C=C/C(CCCCCCCCCCCCCCCCCCC)COS(=O)(=O)[O-].CCCCCCCCCCC/C=C/C(CCCCCCCCCCCCCCCCCCC)COS(=O)(=O)[O-].[Ca+2]. The number of hydrogen-bond acceptors (Lipinski definition) is 8. The Morgan fingerprint density at radius 1 is 0.278 bits per heavy atom. The largest absolute Gasteiger partial charge is 2.00 e. The maximum absolute atomic E-state index is 10.9. The van der Waals surface area contributed by atoms with E-state index in [1.54, 1.807) is 0 Å². The van der Waals surface area contributed by atoms with Gasteiger partial charge in [0.05, 0.1) is 13.2 Å². The molecule has 0 fully saturated rings. The van der Waals surface area contributed by atoms with Crippen molar-refractivity contribution in [3.63, 3.8) is 0 Å². The molecule has 0 heterocycles. The molecule has 0 rings (SSSR count). The Labute approximate surface area is 525 Å². The fourth-order valence-corrected chi connectivity index (χ4v) is 11.5. The zero-order chi connectivity index (χ0) is 57.4. The van der Waals surface area contributed by atoms with Crippen molar-refractivity contribution in [2.45, 2.75) is 387 Å². The Balaban J connectivity index is -0.00000144. The quantitative estimate of drug-likeness (QED) is 0.0193. The van der Waals surface area contributed by atoms with Gasteiger partial charge in [-0.25, -0.2) is 16.8 Å². The van der Waals surface area contributed by atoms with Crippen molar-refractivity contribution >= 4 is 58.5 Å². The van der Waals surface area contributed by atoms with Gasteiger partial charge < -0.3 is 9.11 Å². The summed E-state index contributed by atoms with van der Waals surface area (Å²) < 4.78 is 74.7. The van der Waals surface area contributed by atoms with Crippen molar-refractivity contribution in [1.82, 2.24) is 0 Å².